The lowest BCUT2D eigenvalue weighted by Crippen LogP contribution is -2.36. The average Bonchev–Trinajstić information content (AvgIpc) is 2.53. The number of methoxy groups -OCH3 is 2. The molecule has 0 aromatic heterocycles. The second-order valence-electron chi connectivity index (χ2n) is 5.28. The molecule has 0 unspecified atom stereocenters. The third kappa shape index (κ3) is 4.85. The summed E-state index contributed by atoms with van der Waals surface area (Å²) in [5.74, 6) is 1.36. The van der Waals surface area contributed by atoms with Crippen molar-refractivity contribution in [1.29, 1.82) is 0 Å². The topological polar surface area (TPSA) is 56.8 Å². The van der Waals surface area contributed by atoms with Crippen LogP contribution >= 0.6 is 0 Å². The Balaban J connectivity index is 1.85. The quantitative estimate of drug-likeness (QED) is 0.905. The van der Waals surface area contributed by atoms with E-state index in [1.165, 1.54) is 19.3 Å². The fraction of sp³-hybridized carbons (Fsp3) is 0.562. The molecule has 5 heteroatoms. The van der Waals surface area contributed by atoms with Crippen LogP contribution in [0.3, 0.4) is 0 Å². The molecule has 1 aliphatic carbocycles. The normalized spacial score (nSPS) is 15.3. The van der Waals surface area contributed by atoms with Crippen LogP contribution in [0.5, 0.6) is 11.5 Å². The van der Waals surface area contributed by atoms with Crippen LogP contribution < -0.4 is 14.8 Å². The molecule has 0 aliphatic heterocycles. The third-order valence-corrected chi connectivity index (χ3v) is 3.71. The molecule has 1 N–H and O–H groups in total. The molecule has 0 heterocycles. The maximum atomic E-state index is 11.8. The van der Waals surface area contributed by atoms with Crippen LogP contribution in [0.4, 0.5) is 4.79 Å². The molecule has 1 saturated carbocycles. The van der Waals surface area contributed by atoms with Gasteiger partial charge in [-0.3, -0.25) is 0 Å². The van der Waals surface area contributed by atoms with Gasteiger partial charge in [-0.2, -0.15) is 0 Å². The van der Waals surface area contributed by atoms with Gasteiger partial charge in [0, 0.05) is 12.1 Å². The molecule has 21 heavy (non-hydrogen) atoms. The summed E-state index contributed by atoms with van der Waals surface area (Å²) in [6.45, 7) is 0.201. The van der Waals surface area contributed by atoms with Gasteiger partial charge in [0.15, 0.2) is 0 Å². The molecule has 0 spiro atoms. The van der Waals surface area contributed by atoms with E-state index < -0.39 is 0 Å². The molecule has 116 valence electrons. The summed E-state index contributed by atoms with van der Waals surface area (Å²) in [6, 6.07) is 5.70. The van der Waals surface area contributed by atoms with Gasteiger partial charge in [0.1, 0.15) is 18.1 Å². The Kier molecular flexibility index (Phi) is 5.72. The zero-order valence-corrected chi connectivity index (χ0v) is 12.7. The van der Waals surface area contributed by atoms with Crippen molar-refractivity contribution in [3.63, 3.8) is 0 Å². The molecule has 1 aliphatic rings. The second-order valence-corrected chi connectivity index (χ2v) is 5.28. The monoisotopic (exact) mass is 293 g/mol. The van der Waals surface area contributed by atoms with Crippen LogP contribution in [0.25, 0.3) is 0 Å². The van der Waals surface area contributed by atoms with Crippen LogP contribution in [0.15, 0.2) is 18.2 Å². The van der Waals surface area contributed by atoms with E-state index in [-0.39, 0.29) is 18.7 Å². The molecule has 2 rings (SSSR count). The van der Waals surface area contributed by atoms with E-state index in [1.54, 1.807) is 20.3 Å². The summed E-state index contributed by atoms with van der Waals surface area (Å²) in [5.41, 5.74) is 0.838. The summed E-state index contributed by atoms with van der Waals surface area (Å²) in [7, 11) is 3.18. The highest BCUT2D eigenvalue weighted by molar-refractivity contribution is 5.67. The first-order valence-corrected chi connectivity index (χ1v) is 7.36. The number of rotatable bonds is 5. The lowest BCUT2D eigenvalue weighted by atomic mass is 9.96. The average molecular weight is 293 g/mol. The van der Waals surface area contributed by atoms with Crippen molar-refractivity contribution in [2.75, 3.05) is 14.2 Å². The summed E-state index contributed by atoms with van der Waals surface area (Å²) in [5, 5.41) is 2.92. The first-order chi connectivity index (χ1) is 10.2. The van der Waals surface area contributed by atoms with E-state index in [2.05, 4.69) is 5.32 Å². The zero-order chi connectivity index (χ0) is 15.1. The minimum absolute atomic E-state index is 0.201. The predicted molar refractivity (Wildman–Crippen MR) is 79.7 cm³/mol. The minimum Gasteiger partial charge on any atom is -0.497 e. The van der Waals surface area contributed by atoms with Gasteiger partial charge in [0.2, 0.25) is 0 Å². The molecular weight excluding hydrogens is 270 g/mol. The molecule has 0 bridgehead atoms. The summed E-state index contributed by atoms with van der Waals surface area (Å²) >= 11 is 0. The maximum absolute atomic E-state index is 11.8. The van der Waals surface area contributed by atoms with E-state index in [0.717, 1.165) is 18.4 Å². The number of carbonyl (C=O) groups is 1. The Morgan fingerprint density at radius 1 is 1.10 bits per heavy atom. The Morgan fingerprint density at radius 2 is 1.71 bits per heavy atom. The van der Waals surface area contributed by atoms with Crippen molar-refractivity contribution in [3.8, 4) is 11.5 Å². The minimum atomic E-state index is -0.358. The highest BCUT2D eigenvalue weighted by Crippen LogP contribution is 2.23. The summed E-state index contributed by atoms with van der Waals surface area (Å²) in [6.07, 6.45) is 5.35. The van der Waals surface area contributed by atoms with Crippen molar-refractivity contribution in [3.05, 3.63) is 23.8 Å². The van der Waals surface area contributed by atoms with Crippen molar-refractivity contribution in [1.82, 2.24) is 5.32 Å². The molecule has 5 nitrogen and oxygen atoms in total. The number of hydrogen-bond acceptors (Lipinski definition) is 4. The Hall–Kier alpha value is -1.91. The standard InChI is InChI=1S/C16H23NO4/c1-19-14-8-12(9-15(10-14)20-2)11-21-16(18)17-13-6-4-3-5-7-13/h8-10,13H,3-7,11H2,1-2H3,(H,17,18). The number of carbonyl (C=O) groups excluding carboxylic acids is 1. The van der Waals surface area contributed by atoms with E-state index in [9.17, 15) is 4.79 Å². The lowest BCUT2D eigenvalue weighted by Gasteiger charge is -2.22. The summed E-state index contributed by atoms with van der Waals surface area (Å²) < 4.78 is 15.6. The van der Waals surface area contributed by atoms with Crippen LogP contribution in [0, 0.1) is 0 Å². The Bertz CT molecular complexity index is 447. The Labute approximate surface area is 125 Å². The van der Waals surface area contributed by atoms with E-state index in [1.807, 2.05) is 12.1 Å². The Morgan fingerprint density at radius 3 is 2.29 bits per heavy atom. The van der Waals surface area contributed by atoms with Gasteiger partial charge in [-0.25, -0.2) is 4.79 Å². The largest absolute Gasteiger partial charge is 0.497 e. The van der Waals surface area contributed by atoms with E-state index in [0.29, 0.717) is 11.5 Å². The SMILES string of the molecule is COc1cc(COC(=O)NC2CCCCC2)cc(OC)c1. The van der Waals surface area contributed by atoms with E-state index >= 15 is 0 Å². The molecule has 1 amide bonds. The number of amides is 1. The van der Waals surface area contributed by atoms with Crippen molar-refractivity contribution < 1.29 is 19.0 Å². The highest BCUT2D eigenvalue weighted by Gasteiger charge is 2.16. The molecule has 0 saturated heterocycles. The van der Waals surface area contributed by atoms with Gasteiger partial charge in [0.05, 0.1) is 14.2 Å². The molecule has 1 fully saturated rings. The number of benzene rings is 1. The predicted octanol–water partition coefficient (Wildman–Crippen LogP) is 3.26. The molecular formula is C16H23NO4. The second kappa shape index (κ2) is 7.76. The molecule has 1 aromatic rings. The maximum Gasteiger partial charge on any atom is 0.407 e. The van der Waals surface area contributed by atoms with Gasteiger partial charge in [-0.05, 0) is 30.5 Å². The highest BCUT2D eigenvalue weighted by atomic mass is 16.5. The smallest absolute Gasteiger partial charge is 0.407 e. The number of ether oxygens (including phenoxy) is 3. The van der Waals surface area contributed by atoms with E-state index in [4.69, 9.17) is 14.2 Å². The van der Waals surface area contributed by atoms with Crippen LogP contribution in [-0.4, -0.2) is 26.4 Å². The number of alkyl carbamates (subject to hydrolysis) is 1. The number of nitrogens with one attached hydrogen (secondary N) is 1. The van der Waals surface area contributed by atoms with Crippen molar-refractivity contribution >= 4 is 6.09 Å². The number of hydrogen-bond donors (Lipinski definition) is 1. The molecule has 0 atom stereocenters. The van der Waals surface area contributed by atoms with Crippen LogP contribution in [0.1, 0.15) is 37.7 Å². The van der Waals surface area contributed by atoms with Gasteiger partial charge in [-0.1, -0.05) is 19.3 Å². The van der Waals surface area contributed by atoms with Crippen LogP contribution in [0.2, 0.25) is 0 Å². The zero-order valence-electron chi connectivity index (χ0n) is 12.7. The van der Waals surface area contributed by atoms with Crippen LogP contribution in [-0.2, 0) is 11.3 Å². The summed E-state index contributed by atoms with van der Waals surface area (Å²) in [4.78, 5) is 11.8. The van der Waals surface area contributed by atoms with Gasteiger partial charge >= 0.3 is 6.09 Å². The van der Waals surface area contributed by atoms with Crippen molar-refractivity contribution in [2.24, 2.45) is 0 Å². The molecule has 1 aromatic carbocycles. The fourth-order valence-electron chi connectivity index (χ4n) is 2.55. The lowest BCUT2D eigenvalue weighted by molar-refractivity contribution is 0.133. The molecule has 0 radical (unpaired) electrons. The van der Waals surface area contributed by atoms with Gasteiger partial charge < -0.3 is 19.5 Å². The fourth-order valence-corrected chi connectivity index (χ4v) is 2.55. The first kappa shape index (κ1) is 15.5. The third-order valence-electron chi connectivity index (χ3n) is 3.71. The van der Waals surface area contributed by atoms with Gasteiger partial charge in [-0.15, -0.1) is 0 Å². The van der Waals surface area contributed by atoms with Gasteiger partial charge in [0.25, 0.3) is 0 Å². The first-order valence-electron chi connectivity index (χ1n) is 7.36. The van der Waals surface area contributed by atoms with Crippen molar-refractivity contribution in [2.45, 2.75) is 44.8 Å².